The van der Waals surface area contributed by atoms with Gasteiger partial charge in [0, 0.05) is 0 Å². The summed E-state index contributed by atoms with van der Waals surface area (Å²) in [5.41, 5.74) is 1.19. The molecular formula is C12H16O. The average Bonchev–Trinajstić information content (AvgIpc) is 2.16. The lowest BCUT2D eigenvalue weighted by atomic mass is 10.0. The zero-order chi connectivity index (χ0) is 9.52. The molecule has 1 N–H and O–H groups in total. The summed E-state index contributed by atoms with van der Waals surface area (Å²) >= 11 is 0. The smallest absolute Gasteiger partial charge is 0.0583 e. The van der Waals surface area contributed by atoms with Crippen molar-refractivity contribution in [3.63, 3.8) is 0 Å². The average molecular weight is 176 g/mol. The Morgan fingerprint density at radius 3 is 2.62 bits per heavy atom. The molecule has 1 atom stereocenters. The molecule has 0 saturated carbocycles. The van der Waals surface area contributed by atoms with E-state index in [-0.39, 0.29) is 6.10 Å². The predicted octanol–water partition coefficient (Wildman–Crippen LogP) is 2.56. The fraction of sp³-hybridized carbons (Fsp3) is 0.333. The molecule has 0 heterocycles. The van der Waals surface area contributed by atoms with Crippen LogP contribution in [0, 0.1) is 0 Å². The van der Waals surface area contributed by atoms with Crippen molar-refractivity contribution in [1.29, 1.82) is 0 Å². The van der Waals surface area contributed by atoms with Crippen LogP contribution >= 0.6 is 0 Å². The van der Waals surface area contributed by atoms with Crippen LogP contribution in [0.5, 0.6) is 0 Å². The van der Waals surface area contributed by atoms with Crippen molar-refractivity contribution in [2.75, 3.05) is 0 Å². The molecular weight excluding hydrogens is 160 g/mol. The van der Waals surface area contributed by atoms with Crippen LogP contribution in [0.4, 0.5) is 0 Å². The summed E-state index contributed by atoms with van der Waals surface area (Å²) in [4.78, 5) is 0. The molecule has 0 aliphatic carbocycles. The third-order valence-corrected chi connectivity index (χ3v) is 2.02. The van der Waals surface area contributed by atoms with E-state index in [2.05, 4.69) is 6.58 Å². The molecule has 0 bridgehead atoms. The third-order valence-electron chi connectivity index (χ3n) is 2.02. The molecule has 0 aliphatic heterocycles. The van der Waals surface area contributed by atoms with Crippen molar-refractivity contribution >= 4 is 0 Å². The molecule has 70 valence electrons. The van der Waals surface area contributed by atoms with Gasteiger partial charge in [0.1, 0.15) is 0 Å². The van der Waals surface area contributed by atoms with Crippen molar-refractivity contribution in [2.24, 2.45) is 0 Å². The highest BCUT2D eigenvalue weighted by molar-refractivity contribution is 5.15. The Kier molecular flexibility index (Phi) is 4.27. The molecule has 0 saturated heterocycles. The van der Waals surface area contributed by atoms with E-state index in [0.29, 0.717) is 0 Å². The van der Waals surface area contributed by atoms with Crippen LogP contribution in [-0.4, -0.2) is 11.2 Å². The molecule has 0 amide bonds. The topological polar surface area (TPSA) is 20.2 Å². The van der Waals surface area contributed by atoms with Gasteiger partial charge in [-0.15, -0.1) is 6.58 Å². The second-order valence-corrected chi connectivity index (χ2v) is 3.21. The van der Waals surface area contributed by atoms with Gasteiger partial charge < -0.3 is 5.11 Å². The van der Waals surface area contributed by atoms with Crippen molar-refractivity contribution in [2.45, 2.75) is 25.4 Å². The van der Waals surface area contributed by atoms with Gasteiger partial charge in [-0.1, -0.05) is 36.4 Å². The molecule has 1 aromatic carbocycles. The van der Waals surface area contributed by atoms with Gasteiger partial charge in [-0.3, -0.25) is 0 Å². The largest absolute Gasteiger partial charge is 0.393 e. The first kappa shape index (κ1) is 10.0. The first-order valence-corrected chi connectivity index (χ1v) is 4.66. The maximum Gasteiger partial charge on any atom is 0.0583 e. The molecule has 1 aromatic rings. The Morgan fingerprint density at radius 1 is 1.31 bits per heavy atom. The molecule has 0 spiro atoms. The van der Waals surface area contributed by atoms with E-state index in [4.69, 9.17) is 0 Å². The summed E-state index contributed by atoms with van der Waals surface area (Å²) < 4.78 is 0. The maximum absolute atomic E-state index is 9.59. The maximum atomic E-state index is 9.59. The van der Waals surface area contributed by atoms with Gasteiger partial charge in [0.2, 0.25) is 0 Å². The molecule has 0 fully saturated rings. The molecule has 0 radical (unpaired) electrons. The highest BCUT2D eigenvalue weighted by atomic mass is 16.3. The Hall–Kier alpha value is -1.08. The highest BCUT2D eigenvalue weighted by Crippen LogP contribution is 2.07. The van der Waals surface area contributed by atoms with E-state index in [0.717, 1.165) is 19.3 Å². The van der Waals surface area contributed by atoms with Gasteiger partial charge in [0.05, 0.1) is 6.10 Å². The monoisotopic (exact) mass is 176 g/mol. The first-order valence-electron chi connectivity index (χ1n) is 4.66. The Bertz CT molecular complexity index is 241. The van der Waals surface area contributed by atoms with Gasteiger partial charge in [0.25, 0.3) is 0 Å². The SMILES string of the molecule is C=CCCC(O)Cc1ccccc1. The molecule has 1 unspecified atom stereocenters. The van der Waals surface area contributed by atoms with Gasteiger partial charge >= 0.3 is 0 Å². The zero-order valence-electron chi connectivity index (χ0n) is 7.82. The van der Waals surface area contributed by atoms with Crippen LogP contribution in [0.1, 0.15) is 18.4 Å². The second kappa shape index (κ2) is 5.55. The van der Waals surface area contributed by atoms with E-state index >= 15 is 0 Å². The van der Waals surface area contributed by atoms with Crippen LogP contribution in [0.25, 0.3) is 0 Å². The fourth-order valence-electron chi connectivity index (χ4n) is 1.30. The normalized spacial score (nSPS) is 12.4. The summed E-state index contributed by atoms with van der Waals surface area (Å²) in [6, 6.07) is 10.1. The number of allylic oxidation sites excluding steroid dienone is 1. The van der Waals surface area contributed by atoms with Gasteiger partial charge in [-0.05, 0) is 24.8 Å². The molecule has 1 rings (SSSR count). The van der Waals surface area contributed by atoms with E-state index in [1.54, 1.807) is 0 Å². The number of hydrogen-bond acceptors (Lipinski definition) is 1. The lowest BCUT2D eigenvalue weighted by molar-refractivity contribution is 0.166. The van der Waals surface area contributed by atoms with E-state index in [9.17, 15) is 5.11 Å². The minimum atomic E-state index is -0.236. The Balaban J connectivity index is 2.36. The summed E-state index contributed by atoms with van der Waals surface area (Å²) in [7, 11) is 0. The molecule has 13 heavy (non-hydrogen) atoms. The van der Waals surface area contributed by atoms with Crippen LogP contribution < -0.4 is 0 Å². The molecule has 0 aliphatic rings. The Morgan fingerprint density at radius 2 is 2.00 bits per heavy atom. The van der Waals surface area contributed by atoms with Gasteiger partial charge in [-0.2, -0.15) is 0 Å². The van der Waals surface area contributed by atoms with Crippen molar-refractivity contribution in [3.8, 4) is 0 Å². The van der Waals surface area contributed by atoms with E-state index < -0.39 is 0 Å². The van der Waals surface area contributed by atoms with Crippen molar-refractivity contribution in [3.05, 3.63) is 48.6 Å². The van der Waals surface area contributed by atoms with Crippen LogP contribution in [0.3, 0.4) is 0 Å². The summed E-state index contributed by atoms with van der Waals surface area (Å²) in [5, 5.41) is 9.59. The lowest BCUT2D eigenvalue weighted by Gasteiger charge is -2.08. The summed E-state index contributed by atoms with van der Waals surface area (Å²) in [6.45, 7) is 3.63. The fourth-order valence-corrected chi connectivity index (χ4v) is 1.30. The molecule has 1 heteroatoms. The van der Waals surface area contributed by atoms with Gasteiger partial charge in [0.15, 0.2) is 0 Å². The highest BCUT2D eigenvalue weighted by Gasteiger charge is 2.03. The standard InChI is InChI=1S/C12H16O/c1-2-3-9-12(13)10-11-7-5-4-6-8-11/h2,4-8,12-13H,1,3,9-10H2. The number of hydrogen-bond donors (Lipinski definition) is 1. The van der Waals surface area contributed by atoms with Crippen molar-refractivity contribution < 1.29 is 5.11 Å². The van der Waals surface area contributed by atoms with Crippen molar-refractivity contribution in [1.82, 2.24) is 0 Å². The summed E-state index contributed by atoms with van der Waals surface area (Å²) in [5.74, 6) is 0. The molecule has 0 aromatic heterocycles. The second-order valence-electron chi connectivity index (χ2n) is 3.21. The van der Waals surface area contributed by atoms with E-state index in [1.165, 1.54) is 5.56 Å². The first-order chi connectivity index (χ1) is 6.33. The number of aliphatic hydroxyl groups excluding tert-OH is 1. The number of rotatable bonds is 5. The Labute approximate surface area is 79.7 Å². The predicted molar refractivity (Wildman–Crippen MR) is 55.6 cm³/mol. The zero-order valence-corrected chi connectivity index (χ0v) is 7.82. The quantitative estimate of drug-likeness (QED) is 0.683. The van der Waals surface area contributed by atoms with E-state index in [1.807, 2.05) is 36.4 Å². The lowest BCUT2D eigenvalue weighted by Crippen LogP contribution is -2.09. The minimum absolute atomic E-state index is 0.236. The van der Waals surface area contributed by atoms with Crippen LogP contribution in [-0.2, 0) is 6.42 Å². The van der Waals surface area contributed by atoms with Gasteiger partial charge in [-0.25, -0.2) is 0 Å². The van der Waals surface area contributed by atoms with Crippen LogP contribution in [0.15, 0.2) is 43.0 Å². The minimum Gasteiger partial charge on any atom is -0.393 e. The summed E-state index contributed by atoms with van der Waals surface area (Å²) in [6.07, 6.45) is 4.04. The third kappa shape index (κ3) is 3.90. The van der Waals surface area contributed by atoms with Crippen LogP contribution in [0.2, 0.25) is 0 Å². The number of aliphatic hydroxyl groups is 1. The molecule has 1 nitrogen and oxygen atoms in total. The number of benzene rings is 1.